The van der Waals surface area contributed by atoms with Crippen molar-refractivity contribution in [2.75, 3.05) is 19.6 Å². The summed E-state index contributed by atoms with van der Waals surface area (Å²) in [4.78, 5) is 38.3. The Hall–Kier alpha value is -1.70. The third-order valence-electron chi connectivity index (χ3n) is 4.64. The van der Waals surface area contributed by atoms with Crippen LogP contribution in [0.15, 0.2) is 0 Å². The predicted molar refractivity (Wildman–Crippen MR) is 84.0 cm³/mol. The molecule has 13 heteroatoms. The number of nitrogens with one attached hydrogen (secondary N) is 1. The normalized spacial score (nSPS) is 29.8. The molecule has 3 heterocycles. The fraction of sp³-hybridized carbons (Fsp3) is 0.750. The number of carbonyl (C=O) groups is 3. The first-order valence-corrected chi connectivity index (χ1v) is 9.25. The number of hydrogen-bond donors (Lipinski definition) is 2. The van der Waals surface area contributed by atoms with Gasteiger partial charge in [-0.05, 0) is 25.8 Å². The van der Waals surface area contributed by atoms with Crippen molar-refractivity contribution >= 4 is 35.9 Å². The van der Waals surface area contributed by atoms with Gasteiger partial charge in [-0.15, -0.1) is 4.28 Å². The third-order valence-corrected chi connectivity index (χ3v) is 4.99. The van der Waals surface area contributed by atoms with Crippen molar-refractivity contribution in [2.24, 2.45) is 0 Å². The van der Waals surface area contributed by atoms with E-state index in [0.29, 0.717) is 43.6 Å². The smallest absolute Gasteiger partial charge is 0.350 e. The Bertz CT molecular complexity index is 674. The van der Waals surface area contributed by atoms with Crippen LogP contribution in [0.25, 0.3) is 0 Å². The molecule has 0 aromatic rings. The van der Waals surface area contributed by atoms with E-state index in [4.69, 9.17) is 4.55 Å². The molecule has 0 aliphatic carbocycles. The Morgan fingerprint density at radius 1 is 1.32 bits per heavy atom. The van der Waals surface area contributed by atoms with E-state index in [1.54, 1.807) is 4.81 Å². The average Bonchev–Trinajstić information content (AvgIpc) is 3.06. The molecule has 3 aliphatic rings. The van der Waals surface area contributed by atoms with Crippen LogP contribution in [0.1, 0.15) is 19.3 Å². The molecular weight excluding hydrogens is 355 g/mol. The number of urea groups is 1. The fourth-order valence-corrected chi connectivity index (χ4v) is 3.92. The molecule has 3 saturated heterocycles. The highest BCUT2D eigenvalue weighted by Crippen LogP contribution is 2.30. The van der Waals surface area contributed by atoms with E-state index in [1.807, 2.05) is 0 Å². The van der Waals surface area contributed by atoms with E-state index >= 15 is 0 Å². The molecule has 2 bridgehead atoms. The molecular formula is C12H18BN4O7S. The molecule has 3 fully saturated rings. The lowest BCUT2D eigenvalue weighted by Crippen LogP contribution is -2.52. The van der Waals surface area contributed by atoms with Crippen LogP contribution in [-0.4, -0.2) is 91.0 Å². The maximum atomic E-state index is 12.5. The minimum atomic E-state index is -4.81. The zero-order valence-electron chi connectivity index (χ0n) is 13.3. The molecule has 0 aromatic carbocycles. The minimum Gasteiger partial charge on any atom is -0.350 e. The largest absolute Gasteiger partial charge is 0.418 e. The second kappa shape index (κ2) is 6.90. The van der Waals surface area contributed by atoms with Crippen LogP contribution in [0, 0.1) is 0 Å². The maximum Gasteiger partial charge on any atom is 0.418 e. The second-order valence-corrected chi connectivity index (χ2v) is 7.29. The summed E-state index contributed by atoms with van der Waals surface area (Å²) in [7, 11) is -3.38. The lowest BCUT2D eigenvalue weighted by atomic mass is 9.96. The Morgan fingerprint density at radius 3 is 2.76 bits per heavy atom. The van der Waals surface area contributed by atoms with E-state index in [9.17, 15) is 22.8 Å². The van der Waals surface area contributed by atoms with Gasteiger partial charge in [0.25, 0.3) is 7.41 Å². The van der Waals surface area contributed by atoms with Gasteiger partial charge in [-0.2, -0.15) is 13.5 Å². The summed E-state index contributed by atoms with van der Waals surface area (Å²) >= 11 is 0. The first-order chi connectivity index (χ1) is 11.8. The number of hydrogen-bond acceptors (Lipinski definition) is 7. The third kappa shape index (κ3) is 3.94. The summed E-state index contributed by atoms with van der Waals surface area (Å²) < 4.78 is 34.8. The van der Waals surface area contributed by atoms with Gasteiger partial charge < -0.3 is 19.8 Å². The predicted octanol–water partition coefficient (Wildman–Crippen LogP) is -2.01. The van der Waals surface area contributed by atoms with Crippen molar-refractivity contribution < 1.29 is 31.6 Å². The monoisotopic (exact) mass is 373 g/mol. The summed E-state index contributed by atoms with van der Waals surface area (Å²) in [6.07, 6.45) is 2.13. The van der Waals surface area contributed by atoms with Crippen molar-refractivity contribution in [2.45, 2.75) is 37.4 Å². The van der Waals surface area contributed by atoms with E-state index in [-0.39, 0.29) is 18.5 Å². The van der Waals surface area contributed by atoms with E-state index in [1.165, 1.54) is 12.3 Å². The number of piperidine rings is 1. The topological polar surface area (TPSA) is 137 Å². The molecule has 0 saturated carbocycles. The molecule has 0 aromatic heterocycles. The van der Waals surface area contributed by atoms with Crippen LogP contribution in [0.3, 0.4) is 0 Å². The molecule has 3 aliphatic heterocycles. The number of carbonyl (C=O) groups excluding carboxylic acids is 3. The van der Waals surface area contributed by atoms with Crippen molar-refractivity contribution in [1.29, 1.82) is 0 Å². The molecule has 3 rings (SSSR count). The maximum absolute atomic E-state index is 12.5. The second-order valence-electron chi connectivity index (χ2n) is 6.28. The highest BCUT2D eigenvalue weighted by atomic mass is 32.3. The van der Waals surface area contributed by atoms with Crippen molar-refractivity contribution in [1.82, 2.24) is 20.1 Å². The van der Waals surface area contributed by atoms with Gasteiger partial charge in [-0.1, -0.05) is 0 Å². The Kier molecular flexibility index (Phi) is 5.00. The zero-order chi connectivity index (χ0) is 18.2. The Labute approximate surface area is 145 Å². The van der Waals surface area contributed by atoms with Crippen LogP contribution in [-0.2, 0) is 24.3 Å². The van der Waals surface area contributed by atoms with Gasteiger partial charge >= 0.3 is 16.4 Å². The molecule has 1 radical (unpaired) electrons. The molecule has 0 unspecified atom stereocenters. The molecule has 0 spiro atoms. The van der Waals surface area contributed by atoms with Gasteiger partial charge in [0.05, 0.1) is 12.2 Å². The highest BCUT2D eigenvalue weighted by molar-refractivity contribution is 7.80. The highest BCUT2D eigenvalue weighted by Gasteiger charge is 2.49. The molecule has 3 amide bonds. The number of fused-ring (bicyclic) bond motifs is 2. The number of amides is 3. The average molecular weight is 373 g/mol. The van der Waals surface area contributed by atoms with Crippen LogP contribution in [0.4, 0.5) is 4.79 Å². The Morgan fingerprint density at radius 2 is 2.08 bits per heavy atom. The van der Waals surface area contributed by atoms with Gasteiger partial charge in [0.15, 0.2) is 0 Å². The summed E-state index contributed by atoms with van der Waals surface area (Å²) in [6, 6.07) is -2.13. The van der Waals surface area contributed by atoms with Gasteiger partial charge in [0.1, 0.15) is 6.04 Å². The minimum absolute atomic E-state index is 0.121. The molecule has 137 valence electrons. The van der Waals surface area contributed by atoms with Crippen molar-refractivity contribution in [3.8, 4) is 0 Å². The lowest BCUT2D eigenvalue weighted by molar-refractivity contribution is -0.126. The first-order valence-electron chi connectivity index (χ1n) is 7.88. The summed E-state index contributed by atoms with van der Waals surface area (Å²) in [5.74, 6) is -0.321. The molecule has 11 nitrogen and oxygen atoms in total. The summed E-state index contributed by atoms with van der Waals surface area (Å²) in [6.45, 7) is 1.34. The van der Waals surface area contributed by atoms with Gasteiger partial charge in [0, 0.05) is 19.1 Å². The number of rotatable bonds is 6. The quantitative estimate of drug-likeness (QED) is 0.310. The van der Waals surface area contributed by atoms with Crippen molar-refractivity contribution in [3.05, 3.63) is 0 Å². The zero-order valence-corrected chi connectivity index (χ0v) is 14.1. The molecule has 2 N–H and O–H groups in total. The molecule has 25 heavy (non-hydrogen) atoms. The molecule has 3 atom stereocenters. The number of nitrogens with zero attached hydrogens (tertiary/aromatic N) is 3. The van der Waals surface area contributed by atoms with Crippen molar-refractivity contribution in [3.63, 3.8) is 0 Å². The summed E-state index contributed by atoms with van der Waals surface area (Å²) in [5, 5.41) is 3.48. The van der Waals surface area contributed by atoms with E-state index in [2.05, 4.69) is 9.60 Å². The summed E-state index contributed by atoms with van der Waals surface area (Å²) in [5.41, 5.74) is 0. The number of hydroxylamine groups is 2. The fourth-order valence-electron chi connectivity index (χ4n) is 3.53. The van der Waals surface area contributed by atoms with E-state index < -0.39 is 28.5 Å². The van der Waals surface area contributed by atoms with E-state index in [0.717, 1.165) is 0 Å². The standard InChI is InChI=1S/C12H18BN4O7S/c18-7-13-15-4-3-8(5-15)14-11(19)10-2-1-9-6-16(10)12(20)17(9)24-25(21,22)23/h7-10H,1-6H2,(H,14,19)(H,21,22,23)/t8-,9-,10+/m1/s1. The SMILES string of the molecule is O=C[B]N1CC[C@@H](NC(=O)[C@@H]2CC[C@@H]3CN2C(=O)N3OS(=O)(=O)O)C1. The van der Waals surface area contributed by atoms with Gasteiger partial charge in [0.2, 0.25) is 5.91 Å². The van der Waals surface area contributed by atoms with Gasteiger partial charge in [-0.3, -0.25) is 9.35 Å². The first kappa shape index (κ1) is 18.1. The van der Waals surface area contributed by atoms with Crippen LogP contribution >= 0.6 is 0 Å². The van der Waals surface area contributed by atoms with Crippen LogP contribution in [0.5, 0.6) is 0 Å². The Balaban J connectivity index is 1.60. The lowest BCUT2D eigenvalue weighted by Gasteiger charge is -2.30. The van der Waals surface area contributed by atoms with Crippen LogP contribution in [0.2, 0.25) is 0 Å². The van der Waals surface area contributed by atoms with Gasteiger partial charge in [-0.25, -0.2) is 4.79 Å². The van der Waals surface area contributed by atoms with Crippen LogP contribution < -0.4 is 5.32 Å².